The summed E-state index contributed by atoms with van der Waals surface area (Å²) in [6, 6.07) is 34.2. The van der Waals surface area contributed by atoms with E-state index in [1.807, 2.05) is 97.1 Å². The summed E-state index contributed by atoms with van der Waals surface area (Å²) in [4.78, 5) is 24.9. The minimum Gasteiger partial charge on any atom is -0.489 e. The van der Waals surface area contributed by atoms with Gasteiger partial charge in [-0.05, 0) is 65.1 Å². The van der Waals surface area contributed by atoms with Crippen molar-refractivity contribution in [2.75, 3.05) is 26.4 Å². The number of benzene rings is 5. The Hall–Kier alpha value is -5.60. The van der Waals surface area contributed by atoms with Crippen LogP contribution in [0.2, 0.25) is 0 Å². The summed E-state index contributed by atoms with van der Waals surface area (Å²) in [5.74, 6) is 0.775. The number of hydrogen-bond donors (Lipinski definition) is 1. The molecule has 48 heavy (non-hydrogen) atoms. The van der Waals surface area contributed by atoms with Crippen LogP contribution in [0, 0.1) is 5.92 Å². The van der Waals surface area contributed by atoms with E-state index < -0.39 is 23.5 Å². The van der Waals surface area contributed by atoms with Gasteiger partial charge in [-0.1, -0.05) is 79.4 Å². The molecule has 3 atom stereocenters. The summed E-state index contributed by atoms with van der Waals surface area (Å²) in [6.45, 7) is 3.80. The van der Waals surface area contributed by atoms with E-state index in [4.69, 9.17) is 23.7 Å². The maximum absolute atomic E-state index is 13.7. The average Bonchev–Trinajstić information content (AvgIpc) is 3.12. The molecule has 1 N–H and O–H groups in total. The number of fused-ring (bicyclic) bond motifs is 2. The zero-order valence-electron chi connectivity index (χ0n) is 26.2. The summed E-state index contributed by atoms with van der Waals surface area (Å²) >= 11 is 0. The minimum atomic E-state index is -1.54. The first kappa shape index (κ1) is 31.0. The van der Waals surface area contributed by atoms with Crippen molar-refractivity contribution >= 4 is 22.7 Å². The first-order chi connectivity index (χ1) is 23.5. The molecule has 0 fully saturated rings. The Morgan fingerprint density at radius 2 is 1.33 bits per heavy atom. The first-order valence-corrected chi connectivity index (χ1v) is 15.9. The Kier molecular flexibility index (Phi) is 8.57. The van der Waals surface area contributed by atoms with Gasteiger partial charge >= 0.3 is 11.9 Å². The Morgan fingerprint density at radius 3 is 2.04 bits per heavy atom. The third-order valence-corrected chi connectivity index (χ3v) is 8.98. The minimum absolute atomic E-state index is 0.00961. The van der Waals surface area contributed by atoms with Gasteiger partial charge in [0.25, 0.3) is 0 Å². The SMILES string of the molecule is C=CC(=O)OCCOc1ccc(OCCOC(=O)C2CC3c4ccccc4C2(O)c2ccc(Oc4ccccc4)cc23)c2ccccc12. The predicted octanol–water partition coefficient (Wildman–Crippen LogP) is 7.06. The molecule has 2 bridgehead atoms. The van der Waals surface area contributed by atoms with Gasteiger partial charge in [0, 0.05) is 22.8 Å². The molecule has 5 aromatic rings. The molecule has 8 heteroatoms. The third kappa shape index (κ3) is 5.75. The summed E-state index contributed by atoms with van der Waals surface area (Å²) in [5.41, 5.74) is 1.85. The standard InChI is InChI=1S/C40H34O8/c1-2-38(41)46-22-20-44-36-18-19-37(30-14-7-6-13-29(30)36)45-21-23-47-39(42)35-25-31-28-12-8-9-15-33(28)40(35,43)34-17-16-27(24-32(31)34)48-26-10-4-3-5-11-26/h2-19,24,31,35,43H,1,20-23,25H2. The van der Waals surface area contributed by atoms with E-state index >= 15 is 0 Å². The molecule has 0 radical (unpaired) electrons. The maximum atomic E-state index is 13.7. The number of carbonyl (C=O) groups is 2. The maximum Gasteiger partial charge on any atom is 0.330 e. The summed E-state index contributed by atoms with van der Waals surface area (Å²) in [6.07, 6.45) is 1.52. The van der Waals surface area contributed by atoms with Gasteiger partial charge in [0.15, 0.2) is 0 Å². The zero-order valence-corrected chi connectivity index (χ0v) is 26.2. The lowest BCUT2D eigenvalue weighted by Gasteiger charge is -2.50. The fraction of sp³-hybridized carbons (Fsp3) is 0.200. The van der Waals surface area contributed by atoms with Crippen LogP contribution in [0.5, 0.6) is 23.0 Å². The number of esters is 2. The predicted molar refractivity (Wildman–Crippen MR) is 179 cm³/mol. The highest BCUT2D eigenvalue weighted by Crippen LogP contribution is 2.58. The van der Waals surface area contributed by atoms with Crippen LogP contribution in [0.15, 0.2) is 122 Å². The van der Waals surface area contributed by atoms with E-state index in [9.17, 15) is 14.7 Å². The number of aliphatic hydroxyl groups is 1. The van der Waals surface area contributed by atoms with E-state index in [1.165, 1.54) is 0 Å². The number of ether oxygens (including phenoxy) is 5. The van der Waals surface area contributed by atoms with Crippen molar-refractivity contribution in [1.29, 1.82) is 0 Å². The Bertz CT molecular complexity index is 1990. The second-order valence-corrected chi connectivity index (χ2v) is 11.7. The van der Waals surface area contributed by atoms with Gasteiger partial charge in [-0.3, -0.25) is 4.79 Å². The quantitative estimate of drug-likeness (QED) is 0.0877. The van der Waals surface area contributed by atoms with E-state index in [-0.39, 0.29) is 32.3 Å². The zero-order chi connectivity index (χ0) is 33.1. The van der Waals surface area contributed by atoms with Crippen LogP contribution in [0.4, 0.5) is 0 Å². The van der Waals surface area contributed by atoms with Crippen LogP contribution in [-0.4, -0.2) is 43.5 Å². The van der Waals surface area contributed by atoms with Crippen molar-refractivity contribution in [1.82, 2.24) is 0 Å². The number of carbonyl (C=O) groups excluding carboxylic acids is 2. The lowest BCUT2D eigenvalue weighted by atomic mass is 9.56. The highest BCUT2D eigenvalue weighted by Gasteiger charge is 2.56. The van der Waals surface area contributed by atoms with Crippen LogP contribution in [0.1, 0.15) is 34.6 Å². The van der Waals surface area contributed by atoms with Gasteiger partial charge in [-0.2, -0.15) is 0 Å². The van der Waals surface area contributed by atoms with E-state index in [2.05, 4.69) is 6.58 Å². The van der Waals surface area contributed by atoms with Gasteiger partial charge in [0.1, 0.15) is 55.0 Å². The van der Waals surface area contributed by atoms with Crippen molar-refractivity contribution in [3.63, 3.8) is 0 Å². The number of para-hydroxylation sites is 1. The Balaban J connectivity index is 1.03. The molecular weight excluding hydrogens is 608 g/mol. The lowest BCUT2D eigenvalue weighted by Crippen LogP contribution is -2.50. The highest BCUT2D eigenvalue weighted by atomic mass is 16.6. The molecule has 0 heterocycles. The molecule has 0 saturated carbocycles. The molecule has 0 amide bonds. The molecule has 5 aromatic carbocycles. The third-order valence-electron chi connectivity index (χ3n) is 8.98. The second kappa shape index (κ2) is 13.3. The summed E-state index contributed by atoms with van der Waals surface area (Å²) in [5, 5.41) is 14.1. The second-order valence-electron chi connectivity index (χ2n) is 11.7. The summed E-state index contributed by atoms with van der Waals surface area (Å²) in [7, 11) is 0. The molecular formula is C40H34O8. The van der Waals surface area contributed by atoms with Gasteiger partial charge in [-0.15, -0.1) is 0 Å². The van der Waals surface area contributed by atoms with Crippen LogP contribution in [0.25, 0.3) is 10.8 Å². The highest BCUT2D eigenvalue weighted by molar-refractivity contribution is 5.93. The van der Waals surface area contributed by atoms with Gasteiger partial charge in [0.2, 0.25) is 0 Å². The van der Waals surface area contributed by atoms with Gasteiger partial charge in [-0.25, -0.2) is 4.79 Å². The molecule has 0 aliphatic heterocycles. The monoisotopic (exact) mass is 642 g/mol. The molecule has 3 aliphatic carbocycles. The number of hydrogen-bond acceptors (Lipinski definition) is 8. The average molecular weight is 643 g/mol. The smallest absolute Gasteiger partial charge is 0.330 e. The van der Waals surface area contributed by atoms with Gasteiger partial charge < -0.3 is 28.8 Å². The van der Waals surface area contributed by atoms with Crippen LogP contribution in [0.3, 0.4) is 0 Å². The van der Waals surface area contributed by atoms with E-state index in [0.29, 0.717) is 29.2 Å². The van der Waals surface area contributed by atoms with Crippen molar-refractivity contribution in [2.45, 2.75) is 17.9 Å². The van der Waals surface area contributed by atoms with Crippen LogP contribution in [-0.2, 0) is 24.7 Å². The fourth-order valence-corrected chi connectivity index (χ4v) is 6.87. The van der Waals surface area contributed by atoms with Crippen molar-refractivity contribution in [2.24, 2.45) is 5.92 Å². The molecule has 0 aromatic heterocycles. The van der Waals surface area contributed by atoms with Gasteiger partial charge in [0.05, 0.1) is 5.92 Å². The molecule has 0 spiro atoms. The molecule has 242 valence electrons. The molecule has 8 nitrogen and oxygen atoms in total. The largest absolute Gasteiger partial charge is 0.489 e. The Labute approximate surface area is 278 Å². The molecule has 3 aliphatic rings. The Morgan fingerprint density at radius 1 is 0.708 bits per heavy atom. The molecule has 0 saturated heterocycles. The van der Waals surface area contributed by atoms with E-state index in [1.54, 1.807) is 12.1 Å². The van der Waals surface area contributed by atoms with Crippen molar-refractivity contribution in [3.8, 4) is 23.0 Å². The van der Waals surface area contributed by atoms with Crippen LogP contribution >= 0.6 is 0 Å². The lowest BCUT2D eigenvalue weighted by molar-refractivity contribution is -0.160. The van der Waals surface area contributed by atoms with Crippen LogP contribution < -0.4 is 14.2 Å². The molecule has 3 unspecified atom stereocenters. The van der Waals surface area contributed by atoms with E-state index in [0.717, 1.165) is 39.3 Å². The number of rotatable bonds is 12. The van der Waals surface area contributed by atoms with Crippen molar-refractivity contribution < 1.29 is 38.4 Å². The first-order valence-electron chi connectivity index (χ1n) is 15.9. The normalized spacial score (nSPS) is 18.7. The van der Waals surface area contributed by atoms with Crippen molar-refractivity contribution in [3.05, 3.63) is 144 Å². The topological polar surface area (TPSA) is 101 Å². The molecule has 8 rings (SSSR count). The summed E-state index contributed by atoms with van der Waals surface area (Å²) < 4.78 is 28.8. The fourth-order valence-electron chi connectivity index (χ4n) is 6.87.